The van der Waals surface area contributed by atoms with Gasteiger partial charge in [0.2, 0.25) is 0 Å². The topological polar surface area (TPSA) is 88.5 Å². The molecule has 1 amide bonds. The van der Waals surface area contributed by atoms with Crippen LogP contribution in [0.3, 0.4) is 0 Å². The van der Waals surface area contributed by atoms with Crippen LogP contribution in [-0.2, 0) is 14.3 Å². The Bertz CT molecular complexity index is 1040. The van der Waals surface area contributed by atoms with E-state index in [4.69, 9.17) is 14.2 Å². The molecule has 2 fully saturated rings. The number of benzene rings is 2. The minimum Gasteiger partial charge on any atom is -0.507 e. The van der Waals surface area contributed by atoms with Crippen molar-refractivity contribution in [2.24, 2.45) is 0 Å². The molecule has 2 aromatic rings. The summed E-state index contributed by atoms with van der Waals surface area (Å²) in [6, 6.07) is 13.4. The molecule has 2 aliphatic heterocycles. The number of carbonyl (C=O) groups is 2. The van der Waals surface area contributed by atoms with Gasteiger partial charge in [0.15, 0.2) is 0 Å². The van der Waals surface area contributed by atoms with Crippen molar-refractivity contribution in [1.29, 1.82) is 0 Å². The van der Waals surface area contributed by atoms with E-state index in [1.165, 1.54) is 0 Å². The monoisotopic (exact) mass is 466 g/mol. The molecule has 2 saturated heterocycles. The van der Waals surface area contributed by atoms with Crippen molar-refractivity contribution in [3.63, 3.8) is 0 Å². The number of likely N-dealkylation sites (tertiary alicyclic amines) is 1. The number of nitrogens with zero attached hydrogens (tertiary/aromatic N) is 2. The Labute approximate surface area is 199 Å². The molecule has 8 heteroatoms. The van der Waals surface area contributed by atoms with Crippen molar-refractivity contribution in [2.75, 3.05) is 53.1 Å². The Balaban J connectivity index is 1.70. The lowest BCUT2D eigenvalue weighted by Gasteiger charge is -2.31. The van der Waals surface area contributed by atoms with E-state index in [1.54, 1.807) is 48.4 Å². The van der Waals surface area contributed by atoms with E-state index in [0.29, 0.717) is 50.0 Å². The summed E-state index contributed by atoms with van der Waals surface area (Å²) >= 11 is 0. The van der Waals surface area contributed by atoms with Gasteiger partial charge in [0, 0.05) is 31.7 Å². The Morgan fingerprint density at radius 1 is 1.00 bits per heavy atom. The molecule has 0 saturated carbocycles. The number of methoxy groups -OCH3 is 1. The van der Waals surface area contributed by atoms with Gasteiger partial charge in [0.1, 0.15) is 17.3 Å². The molecule has 4 rings (SSSR count). The quantitative estimate of drug-likeness (QED) is 0.364. The molecule has 2 aliphatic rings. The first-order chi connectivity index (χ1) is 16.5. The normalized spacial score (nSPS) is 20.5. The number of hydrogen-bond donors (Lipinski definition) is 1. The number of carbonyl (C=O) groups excluding carboxylic acids is 2. The van der Waals surface area contributed by atoms with Gasteiger partial charge in [-0.25, -0.2) is 0 Å². The highest BCUT2D eigenvalue weighted by Crippen LogP contribution is 2.39. The van der Waals surface area contributed by atoms with Crippen molar-refractivity contribution < 1.29 is 28.9 Å². The molecule has 8 nitrogen and oxygen atoms in total. The SMILES string of the molecule is CCOc1ccc(/C(O)=C2\C(=O)C(=O)N(CCN3CCOCC3)C2c2ccc(OC)cc2)cc1. The molecule has 2 heterocycles. The lowest BCUT2D eigenvalue weighted by atomic mass is 9.95. The minimum absolute atomic E-state index is 0.0845. The van der Waals surface area contributed by atoms with Gasteiger partial charge in [0.25, 0.3) is 11.7 Å². The van der Waals surface area contributed by atoms with Gasteiger partial charge >= 0.3 is 0 Å². The first kappa shape index (κ1) is 23.8. The van der Waals surface area contributed by atoms with Crippen LogP contribution >= 0.6 is 0 Å². The third kappa shape index (κ3) is 4.93. The van der Waals surface area contributed by atoms with E-state index in [9.17, 15) is 14.7 Å². The summed E-state index contributed by atoms with van der Waals surface area (Å²) in [6.45, 7) is 6.26. The van der Waals surface area contributed by atoms with E-state index in [1.807, 2.05) is 19.1 Å². The molecule has 2 aromatic carbocycles. The summed E-state index contributed by atoms with van der Waals surface area (Å²) in [5.74, 6) is -0.163. The van der Waals surface area contributed by atoms with Gasteiger partial charge < -0.3 is 24.2 Å². The summed E-state index contributed by atoms with van der Waals surface area (Å²) in [5.41, 5.74) is 1.27. The maximum absolute atomic E-state index is 13.2. The predicted molar refractivity (Wildman–Crippen MR) is 127 cm³/mol. The summed E-state index contributed by atoms with van der Waals surface area (Å²) in [7, 11) is 1.58. The fourth-order valence-electron chi connectivity index (χ4n) is 4.35. The van der Waals surface area contributed by atoms with Gasteiger partial charge in [0.05, 0.1) is 38.5 Å². The van der Waals surface area contributed by atoms with Crippen LogP contribution in [0.2, 0.25) is 0 Å². The minimum atomic E-state index is -0.696. The number of aliphatic hydroxyl groups is 1. The summed E-state index contributed by atoms with van der Waals surface area (Å²) in [4.78, 5) is 30.0. The van der Waals surface area contributed by atoms with Crippen molar-refractivity contribution in [3.05, 3.63) is 65.2 Å². The zero-order valence-electron chi connectivity index (χ0n) is 19.5. The standard InChI is InChI=1S/C26H30N2O6/c1-3-34-21-10-6-19(7-11-21)24(29)22-23(18-4-8-20(32-2)9-5-18)28(26(31)25(22)30)13-12-27-14-16-33-17-15-27/h4-11,23,29H,3,12-17H2,1-2H3/b24-22+. The van der Waals surface area contributed by atoms with E-state index < -0.39 is 17.7 Å². The van der Waals surface area contributed by atoms with Crippen molar-refractivity contribution in [3.8, 4) is 11.5 Å². The highest BCUT2D eigenvalue weighted by molar-refractivity contribution is 6.46. The number of morpholine rings is 1. The van der Waals surface area contributed by atoms with Crippen molar-refractivity contribution >= 4 is 17.4 Å². The van der Waals surface area contributed by atoms with E-state index in [2.05, 4.69) is 4.90 Å². The average molecular weight is 467 g/mol. The third-order valence-corrected chi connectivity index (χ3v) is 6.17. The Morgan fingerprint density at radius 3 is 2.26 bits per heavy atom. The van der Waals surface area contributed by atoms with Crippen LogP contribution in [0.15, 0.2) is 54.1 Å². The first-order valence-corrected chi connectivity index (χ1v) is 11.5. The van der Waals surface area contributed by atoms with Crippen LogP contribution in [0.5, 0.6) is 11.5 Å². The van der Waals surface area contributed by atoms with Gasteiger partial charge in [-0.1, -0.05) is 12.1 Å². The molecule has 0 aromatic heterocycles. The third-order valence-electron chi connectivity index (χ3n) is 6.17. The average Bonchev–Trinajstić information content (AvgIpc) is 3.13. The van der Waals surface area contributed by atoms with Crippen molar-refractivity contribution in [1.82, 2.24) is 9.80 Å². The van der Waals surface area contributed by atoms with Crippen LogP contribution in [0, 0.1) is 0 Å². The largest absolute Gasteiger partial charge is 0.507 e. The van der Waals surface area contributed by atoms with Gasteiger partial charge in [-0.2, -0.15) is 0 Å². The smallest absolute Gasteiger partial charge is 0.295 e. The number of ether oxygens (including phenoxy) is 3. The van der Waals surface area contributed by atoms with Crippen LogP contribution in [0.25, 0.3) is 5.76 Å². The van der Waals surface area contributed by atoms with Crippen LogP contribution < -0.4 is 9.47 Å². The summed E-state index contributed by atoms with van der Waals surface area (Å²) < 4.78 is 16.1. The molecule has 0 bridgehead atoms. The molecule has 1 atom stereocenters. The second-order valence-electron chi connectivity index (χ2n) is 8.18. The second kappa shape index (κ2) is 10.7. The van der Waals surface area contributed by atoms with Crippen LogP contribution in [0.1, 0.15) is 24.1 Å². The fraction of sp³-hybridized carbons (Fsp3) is 0.385. The fourth-order valence-corrected chi connectivity index (χ4v) is 4.35. The highest BCUT2D eigenvalue weighted by Gasteiger charge is 2.46. The molecule has 0 aliphatic carbocycles. The van der Waals surface area contributed by atoms with E-state index in [-0.39, 0.29) is 11.3 Å². The molecule has 1 N–H and O–H groups in total. The van der Waals surface area contributed by atoms with Crippen LogP contribution in [0.4, 0.5) is 0 Å². The number of ketones is 1. The summed E-state index contributed by atoms with van der Waals surface area (Å²) in [5, 5.41) is 11.2. The lowest BCUT2D eigenvalue weighted by Crippen LogP contribution is -2.42. The van der Waals surface area contributed by atoms with Crippen molar-refractivity contribution in [2.45, 2.75) is 13.0 Å². The Kier molecular flexibility index (Phi) is 7.49. The van der Waals surface area contributed by atoms with Gasteiger partial charge in [-0.15, -0.1) is 0 Å². The van der Waals surface area contributed by atoms with Gasteiger partial charge in [-0.3, -0.25) is 14.5 Å². The maximum Gasteiger partial charge on any atom is 0.295 e. The molecule has 0 radical (unpaired) electrons. The first-order valence-electron chi connectivity index (χ1n) is 11.5. The number of Topliss-reactive ketones (excluding diaryl/α,β-unsaturated/α-hetero) is 1. The number of rotatable bonds is 8. The lowest BCUT2D eigenvalue weighted by molar-refractivity contribution is -0.140. The molecular formula is C26H30N2O6. The molecule has 34 heavy (non-hydrogen) atoms. The number of aliphatic hydroxyl groups excluding tert-OH is 1. The van der Waals surface area contributed by atoms with Crippen LogP contribution in [-0.4, -0.2) is 79.7 Å². The predicted octanol–water partition coefficient (Wildman–Crippen LogP) is 2.85. The molecular weight excluding hydrogens is 436 g/mol. The number of hydrogen-bond acceptors (Lipinski definition) is 7. The Hall–Kier alpha value is -3.36. The highest BCUT2D eigenvalue weighted by atomic mass is 16.5. The molecule has 180 valence electrons. The maximum atomic E-state index is 13.2. The van der Waals surface area contributed by atoms with E-state index in [0.717, 1.165) is 18.7 Å². The molecule has 1 unspecified atom stereocenters. The molecule has 0 spiro atoms. The second-order valence-corrected chi connectivity index (χ2v) is 8.18. The van der Waals surface area contributed by atoms with Gasteiger partial charge in [-0.05, 0) is 48.9 Å². The Morgan fingerprint density at radius 2 is 1.65 bits per heavy atom. The summed E-state index contributed by atoms with van der Waals surface area (Å²) in [6.07, 6.45) is 0. The zero-order chi connectivity index (χ0) is 24.1. The zero-order valence-corrected chi connectivity index (χ0v) is 19.5. The van der Waals surface area contributed by atoms with E-state index >= 15 is 0 Å². The number of amides is 1.